The first-order valence-electron chi connectivity index (χ1n) is 8.33. The highest BCUT2D eigenvalue weighted by Gasteiger charge is 2.29. The van der Waals surface area contributed by atoms with Gasteiger partial charge in [-0.3, -0.25) is 9.69 Å². The fourth-order valence-electron chi connectivity index (χ4n) is 2.60. The van der Waals surface area contributed by atoms with Gasteiger partial charge in [-0.15, -0.1) is 0 Å². The lowest BCUT2D eigenvalue weighted by molar-refractivity contribution is -0.117. The molecule has 0 radical (unpaired) electrons. The molecule has 1 amide bonds. The lowest BCUT2D eigenvalue weighted by Crippen LogP contribution is -2.36. The molecular formula is C19H21ClN2O3. The molecule has 0 spiro atoms. The molecule has 0 saturated heterocycles. The predicted molar refractivity (Wildman–Crippen MR) is 98.3 cm³/mol. The van der Waals surface area contributed by atoms with Crippen LogP contribution in [-0.2, 0) is 4.79 Å². The largest absolute Gasteiger partial charge is 0.456 e. The lowest BCUT2D eigenvalue weighted by Gasteiger charge is -2.20. The molecule has 2 N–H and O–H groups in total. The molecule has 25 heavy (non-hydrogen) atoms. The van der Waals surface area contributed by atoms with Crippen LogP contribution in [0.25, 0.3) is 0 Å². The van der Waals surface area contributed by atoms with Gasteiger partial charge in [0.05, 0.1) is 18.2 Å². The third-order valence-electron chi connectivity index (χ3n) is 4.00. The zero-order chi connectivity index (χ0) is 17.6. The number of halogens is 1. The number of amides is 1. The van der Waals surface area contributed by atoms with Crippen molar-refractivity contribution in [3.05, 3.63) is 53.6 Å². The molecule has 1 aliphatic carbocycles. The second-order valence-corrected chi connectivity index (χ2v) is 6.44. The molecule has 0 aliphatic heterocycles. The molecule has 6 heteroatoms. The molecular weight excluding hydrogens is 340 g/mol. The fourth-order valence-corrected chi connectivity index (χ4v) is 2.78. The molecule has 0 heterocycles. The van der Waals surface area contributed by atoms with Crippen LogP contribution in [0.2, 0.25) is 5.02 Å². The molecule has 0 unspecified atom stereocenters. The van der Waals surface area contributed by atoms with Gasteiger partial charge in [-0.25, -0.2) is 0 Å². The standard InChI is InChI=1S/C19H21ClN2O3/c20-17-3-1-2-4-18(17)25-16-9-5-14(6-10-16)21-19(24)13-22(11-12-23)15-7-8-15/h1-6,9-10,15,23H,7-8,11-13H2,(H,21,24). The summed E-state index contributed by atoms with van der Waals surface area (Å²) >= 11 is 6.07. The van der Waals surface area contributed by atoms with E-state index in [1.807, 2.05) is 17.0 Å². The van der Waals surface area contributed by atoms with Crippen molar-refractivity contribution in [1.82, 2.24) is 4.90 Å². The van der Waals surface area contributed by atoms with E-state index in [1.54, 1.807) is 36.4 Å². The summed E-state index contributed by atoms with van der Waals surface area (Å²) in [5.74, 6) is 1.15. The smallest absolute Gasteiger partial charge is 0.238 e. The van der Waals surface area contributed by atoms with Gasteiger partial charge in [0, 0.05) is 18.3 Å². The highest BCUT2D eigenvalue weighted by molar-refractivity contribution is 6.32. The summed E-state index contributed by atoms with van der Waals surface area (Å²) in [5.41, 5.74) is 0.705. The van der Waals surface area contributed by atoms with Crippen LogP contribution >= 0.6 is 11.6 Å². The maximum atomic E-state index is 12.2. The average Bonchev–Trinajstić information content (AvgIpc) is 3.43. The van der Waals surface area contributed by atoms with Crippen molar-refractivity contribution < 1.29 is 14.6 Å². The number of aliphatic hydroxyl groups is 1. The Morgan fingerprint density at radius 3 is 2.56 bits per heavy atom. The SMILES string of the molecule is O=C(CN(CCO)C1CC1)Nc1ccc(Oc2ccccc2Cl)cc1. The van der Waals surface area contributed by atoms with Gasteiger partial charge in [0.2, 0.25) is 5.91 Å². The maximum Gasteiger partial charge on any atom is 0.238 e. The topological polar surface area (TPSA) is 61.8 Å². The highest BCUT2D eigenvalue weighted by Crippen LogP contribution is 2.29. The molecule has 2 aromatic rings. The molecule has 1 aliphatic rings. The van der Waals surface area contributed by atoms with Gasteiger partial charge in [-0.2, -0.15) is 0 Å². The van der Waals surface area contributed by atoms with Crippen LogP contribution in [0.1, 0.15) is 12.8 Å². The van der Waals surface area contributed by atoms with Crippen molar-refractivity contribution in [2.75, 3.05) is 25.0 Å². The number of ether oxygens (including phenoxy) is 1. The monoisotopic (exact) mass is 360 g/mol. The Morgan fingerprint density at radius 2 is 1.92 bits per heavy atom. The number of rotatable bonds is 8. The second kappa shape index (κ2) is 8.34. The van der Waals surface area contributed by atoms with E-state index in [9.17, 15) is 4.79 Å². The van der Waals surface area contributed by atoms with E-state index >= 15 is 0 Å². The summed E-state index contributed by atoms with van der Waals surface area (Å²) in [7, 11) is 0. The van der Waals surface area contributed by atoms with Crippen LogP contribution in [-0.4, -0.2) is 41.7 Å². The third-order valence-corrected chi connectivity index (χ3v) is 4.31. The quantitative estimate of drug-likeness (QED) is 0.756. The van der Waals surface area contributed by atoms with Crippen LogP contribution in [0.3, 0.4) is 0 Å². The number of hydrogen-bond donors (Lipinski definition) is 2. The zero-order valence-corrected chi connectivity index (χ0v) is 14.6. The number of aliphatic hydroxyl groups excluding tert-OH is 1. The second-order valence-electron chi connectivity index (χ2n) is 6.03. The summed E-state index contributed by atoms with van der Waals surface area (Å²) in [6.07, 6.45) is 2.20. The van der Waals surface area contributed by atoms with Gasteiger partial charge in [0.15, 0.2) is 0 Å². The van der Waals surface area contributed by atoms with Crippen LogP contribution in [0, 0.1) is 0 Å². The Morgan fingerprint density at radius 1 is 1.20 bits per heavy atom. The highest BCUT2D eigenvalue weighted by atomic mass is 35.5. The van der Waals surface area contributed by atoms with Crippen molar-refractivity contribution in [2.24, 2.45) is 0 Å². The molecule has 132 valence electrons. The van der Waals surface area contributed by atoms with Crippen LogP contribution in [0.15, 0.2) is 48.5 Å². The zero-order valence-electron chi connectivity index (χ0n) is 13.8. The third kappa shape index (κ3) is 5.19. The molecule has 0 bridgehead atoms. The Labute approximate surface area is 152 Å². The van der Waals surface area contributed by atoms with E-state index in [1.165, 1.54) is 0 Å². The van der Waals surface area contributed by atoms with Crippen LogP contribution in [0.5, 0.6) is 11.5 Å². The molecule has 5 nitrogen and oxygen atoms in total. The molecule has 0 aromatic heterocycles. The van der Waals surface area contributed by atoms with Gasteiger partial charge in [0.1, 0.15) is 11.5 Å². The van der Waals surface area contributed by atoms with Crippen molar-refractivity contribution in [3.8, 4) is 11.5 Å². The average molecular weight is 361 g/mol. The molecule has 0 atom stereocenters. The van der Waals surface area contributed by atoms with Crippen molar-refractivity contribution >= 4 is 23.2 Å². The maximum absolute atomic E-state index is 12.2. The number of hydrogen-bond acceptors (Lipinski definition) is 4. The minimum Gasteiger partial charge on any atom is -0.456 e. The Balaban J connectivity index is 1.55. The van der Waals surface area contributed by atoms with Gasteiger partial charge in [-0.05, 0) is 49.2 Å². The number of para-hydroxylation sites is 1. The lowest BCUT2D eigenvalue weighted by atomic mass is 10.3. The van der Waals surface area contributed by atoms with E-state index in [-0.39, 0.29) is 12.5 Å². The molecule has 1 saturated carbocycles. The van der Waals surface area contributed by atoms with Gasteiger partial charge < -0.3 is 15.2 Å². The van der Waals surface area contributed by atoms with E-state index in [0.717, 1.165) is 12.8 Å². The Bertz CT molecular complexity index is 717. The minimum atomic E-state index is -0.0832. The van der Waals surface area contributed by atoms with Crippen molar-refractivity contribution in [3.63, 3.8) is 0 Å². The van der Waals surface area contributed by atoms with Gasteiger partial charge in [0.25, 0.3) is 0 Å². The Kier molecular flexibility index (Phi) is 5.91. The summed E-state index contributed by atoms with van der Waals surface area (Å²) in [6, 6.07) is 14.8. The predicted octanol–water partition coefficient (Wildman–Crippen LogP) is 3.53. The molecule has 2 aromatic carbocycles. The summed E-state index contributed by atoms with van der Waals surface area (Å²) in [5, 5.41) is 12.5. The number of carbonyl (C=O) groups is 1. The van der Waals surface area contributed by atoms with E-state index in [4.69, 9.17) is 21.4 Å². The van der Waals surface area contributed by atoms with Crippen LogP contribution < -0.4 is 10.1 Å². The van der Waals surface area contributed by atoms with Gasteiger partial charge in [-0.1, -0.05) is 23.7 Å². The normalized spacial score (nSPS) is 13.7. The first-order chi connectivity index (χ1) is 12.2. The number of nitrogens with zero attached hydrogens (tertiary/aromatic N) is 1. The molecule has 1 fully saturated rings. The van der Waals surface area contributed by atoms with Gasteiger partial charge >= 0.3 is 0 Å². The van der Waals surface area contributed by atoms with Crippen LogP contribution in [0.4, 0.5) is 5.69 Å². The van der Waals surface area contributed by atoms with Crippen molar-refractivity contribution in [2.45, 2.75) is 18.9 Å². The minimum absolute atomic E-state index is 0.0673. The van der Waals surface area contributed by atoms with E-state index < -0.39 is 0 Å². The number of anilines is 1. The van der Waals surface area contributed by atoms with E-state index in [2.05, 4.69) is 5.32 Å². The number of benzene rings is 2. The summed E-state index contributed by atoms with van der Waals surface area (Å²) in [4.78, 5) is 14.2. The summed E-state index contributed by atoms with van der Waals surface area (Å²) in [6.45, 7) is 0.893. The number of nitrogens with one attached hydrogen (secondary N) is 1. The summed E-state index contributed by atoms with van der Waals surface area (Å²) < 4.78 is 5.72. The Hall–Kier alpha value is -2.08. The first kappa shape index (κ1) is 17.7. The number of carbonyl (C=O) groups excluding carboxylic acids is 1. The fraction of sp³-hybridized carbons (Fsp3) is 0.316. The van der Waals surface area contributed by atoms with E-state index in [0.29, 0.717) is 41.3 Å². The van der Waals surface area contributed by atoms with Crippen molar-refractivity contribution in [1.29, 1.82) is 0 Å². The molecule has 3 rings (SSSR count). The first-order valence-corrected chi connectivity index (χ1v) is 8.70.